The third-order valence-electron chi connectivity index (χ3n) is 4.63. The molecule has 0 aliphatic heterocycles. The Bertz CT molecular complexity index is 1120. The van der Waals surface area contributed by atoms with Crippen molar-refractivity contribution in [3.05, 3.63) is 66.6 Å². The lowest BCUT2D eigenvalue weighted by Gasteiger charge is -2.11. The number of nitrogens with zero attached hydrogens (tertiary/aromatic N) is 4. The quantitative estimate of drug-likeness (QED) is 0.522. The lowest BCUT2D eigenvalue weighted by Crippen LogP contribution is -2.03. The van der Waals surface area contributed by atoms with Gasteiger partial charge in [0.15, 0.2) is 17.3 Å². The van der Waals surface area contributed by atoms with Crippen LogP contribution in [-0.2, 0) is 6.54 Å². The minimum atomic E-state index is 0.0864. The zero-order valence-electron chi connectivity index (χ0n) is 16.5. The van der Waals surface area contributed by atoms with Gasteiger partial charge in [0.1, 0.15) is 0 Å². The van der Waals surface area contributed by atoms with E-state index in [1.165, 1.54) is 7.11 Å². The third kappa shape index (κ3) is 3.71. The maximum absolute atomic E-state index is 10.00. The summed E-state index contributed by atoms with van der Waals surface area (Å²) in [4.78, 5) is 9.13. The van der Waals surface area contributed by atoms with Crippen molar-refractivity contribution < 1.29 is 14.4 Å². The molecule has 0 amide bonds. The number of benzene rings is 2. The number of hydrogen-bond acceptors (Lipinski definition) is 6. The Labute approximate surface area is 168 Å². The number of imidazole rings is 1. The highest BCUT2D eigenvalue weighted by molar-refractivity contribution is 5.79. The van der Waals surface area contributed by atoms with Gasteiger partial charge in [0.2, 0.25) is 5.89 Å². The number of methoxy groups -OCH3 is 1. The molecule has 0 fully saturated rings. The van der Waals surface area contributed by atoms with Crippen LogP contribution in [-0.4, -0.2) is 31.9 Å². The van der Waals surface area contributed by atoms with Crippen LogP contribution in [0.3, 0.4) is 0 Å². The summed E-state index contributed by atoms with van der Waals surface area (Å²) in [5, 5.41) is 14.1. The van der Waals surface area contributed by atoms with Crippen LogP contribution in [0, 0.1) is 0 Å². The predicted octanol–water partition coefficient (Wildman–Crippen LogP) is 4.49. The Kier molecular flexibility index (Phi) is 5.03. The lowest BCUT2D eigenvalue weighted by atomic mass is 10.0. The van der Waals surface area contributed by atoms with Gasteiger partial charge in [-0.2, -0.15) is 4.98 Å². The molecule has 7 nitrogen and oxygen atoms in total. The van der Waals surface area contributed by atoms with Gasteiger partial charge in [-0.1, -0.05) is 49.3 Å². The SMILES string of the molecule is COc1cc(-c2c(-c3ccccc3)ncn2Cc2noc(C(C)C)n2)ccc1O. The standard InChI is InChI=1S/C22H22N4O3/c1-14(2)22-24-19(25-29-22)12-26-13-23-20(15-7-5-4-6-8-15)21(26)16-9-10-17(27)18(11-16)28-3/h4-11,13-14,27H,12H2,1-3H3. The molecule has 0 atom stereocenters. The van der Waals surface area contributed by atoms with E-state index >= 15 is 0 Å². The number of ether oxygens (including phenoxy) is 1. The molecule has 2 aromatic heterocycles. The van der Waals surface area contributed by atoms with Crippen molar-refractivity contribution >= 4 is 0 Å². The molecule has 7 heteroatoms. The Morgan fingerprint density at radius 1 is 1.10 bits per heavy atom. The van der Waals surface area contributed by atoms with Crippen molar-refractivity contribution in [2.45, 2.75) is 26.3 Å². The van der Waals surface area contributed by atoms with Crippen LogP contribution in [0.5, 0.6) is 11.5 Å². The molecule has 2 aromatic carbocycles. The van der Waals surface area contributed by atoms with Crippen molar-refractivity contribution in [3.63, 3.8) is 0 Å². The molecule has 4 aromatic rings. The van der Waals surface area contributed by atoms with Gasteiger partial charge in [0.25, 0.3) is 0 Å². The predicted molar refractivity (Wildman–Crippen MR) is 109 cm³/mol. The second kappa shape index (κ2) is 7.79. The minimum absolute atomic E-state index is 0.0864. The molecule has 0 radical (unpaired) electrons. The average molecular weight is 390 g/mol. The van der Waals surface area contributed by atoms with Crippen LogP contribution < -0.4 is 4.74 Å². The second-order valence-corrected chi connectivity index (χ2v) is 7.03. The van der Waals surface area contributed by atoms with Crippen molar-refractivity contribution in [2.24, 2.45) is 0 Å². The lowest BCUT2D eigenvalue weighted by molar-refractivity contribution is 0.360. The maximum atomic E-state index is 10.00. The van der Waals surface area contributed by atoms with E-state index in [-0.39, 0.29) is 11.7 Å². The summed E-state index contributed by atoms with van der Waals surface area (Å²) >= 11 is 0. The van der Waals surface area contributed by atoms with Gasteiger partial charge in [0, 0.05) is 17.0 Å². The van der Waals surface area contributed by atoms with Crippen LogP contribution in [0.25, 0.3) is 22.5 Å². The number of phenols is 1. The fourth-order valence-electron chi connectivity index (χ4n) is 3.16. The van der Waals surface area contributed by atoms with E-state index < -0.39 is 0 Å². The van der Waals surface area contributed by atoms with E-state index in [1.807, 2.05) is 54.8 Å². The minimum Gasteiger partial charge on any atom is -0.504 e. The summed E-state index contributed by atoms with van der Waals surface area (Å²) in [6, 6.07) is 15.2. The molecule has 148 valence electrons. The fraction of sp³-hybridized carbons (Fsp3) is 0.227. The maximum Gasteiger partial charge on any atom is 0.229 e. The first-order chi connectivity index (χ1) is 14.1. The molecule has 0 aliphatic carbocycles. The van der Waals surface area contributed by atoms with Gasteiger partial charge in [-0.3, -0.25) is 0 Å². The number of aromatic nitrogens is 4. The first kappa shape index (κ1) is 18.7. The molecule has 0 unspecified atom stereocenters. The Balaban J connectivity index is 1.82. The van der Waals surface area contributed by atoms with Crippen molar-refractivity contribution in [1.82, 2.24) is 19.7 Å². The van der Waals surface area contributed by atoms with Crippen LogP contribution in [0.1, 0.15) is 31.5 Å². The van der Waals surface area contributed by atoms with Crippen LogP contribution >= 0.6 is 0 Å². The zero-order valence-corrected chi connectivity index (χ0v) is 16.5. The first-order valence-corrected chi connectivity index (χ1v) is 9.37. The average Bonchev–Trinajstić information content (AvgIpc) is 3.37. The van der Waals surface area contributed by atoms with Crippen LogP contribution in [0.2, 0.25) is 0 Å². The molecule has 2 heterocycles. The zero-order chi connectivity index (χ0) is 20.4. The molecular weight excluding hydrogens is 368 g/mol. The summed E-state index contributed by atoms with van der Waals surface area (Å²) in [7, 11) is 1.53. The molecule has 29 heavy (non-hydrogen) atoms. The largest absolute Gasteiger partial charge is 0.504 e. The smallest absolute Gasteiger partial charge is 0.229 e. The first-order valence-electron chi connectivity index (χ1n) is 9.37. The van der Waals surface area contributed by atoms with Gasteiger partial charge in [-0.05, 0) is 18.2 Å². The van der Waals surface area contributed by atoms with E-state index in [0.717, 1.165) is 22.5 Å². The summed E-state index contributed by atoms with van der Waals surface area (Å²) in [5.41, 5.74) is 3.56. The Hall–Kier alpha value is -3.61. The van der Waals surface area contributed by atoms with E-state index in [9.17, 15) is 5.11 Å². The molecule has 4 rings (SSSR count). The van der Waals surface area contributed by atoms with Crippen molar-refractivity contribution in [3.8, 4) is 34.0 Å². The summed E-state index contributed by atoms with van der Waals surface area (Å²) in [6.45, 7) is 4.43. The number of phenolic OH excluding ortho intramolecular Hbond substituents is 1. The van der Waals surface area contributed by atoms with Crippen molar-refractivity contribution in [1.29, 1.82) is 0 Å². The van der Waals surface area contributed by atoms with Gasteiger partial charge >= 0.3 is 0 Å². The highest BCUT2D eigenvalue weighted by atomic mass is 16.5. The summed E-state index contributed by atoms with van der Waals surface area (Å²) in [6.07, 6.45) is 1.77. The van der Waals surface area contributed by atoms with E-state index in [0.29, 0.717) is 24.0 Å². The molecular formula is C22H22N4O3. The molecule has 0 saturated heterocycles. The number of rotatable bonds is 6. The van der Waals surface area contributed by atoms with E-state index in [2.05, 4.69) is 15.1 Å². The Morgan fingerprint density at radius 3 is 2.59 bits per heavy atom. The second-order valence-electron chi connectivity index (χ2n) is 7.03. The molecule has 0 bridgehead atoms. The fourth-order valence-corrected chi connectivity index (χ4v) is 3.16. The van der Waals surface area contributed by atoms with Crippen LogP contribution in [0.4, 0.5) is 0 Å². The van der Waals surface area contributed by atoms with Gasteiger partial charge in [-0.15, -0.1) is 0 Å². The molecule has 0 spiro atoms. The van der Waals surface area contributed by atoms with Crippen LogP contribution in [0.15, 0.2) is 59.4 Å². The van der Waals surface area contributed by atoms with Gasteiger partial charge in [0.05, 0.1) is 31.4 Å². The van der Waals surface area contributed by atoms with Gasteiger partial charge < -0.3 is 18.9 Å². The number of hydrogen-bond donors (Lipinski definition) is 1. The summed E-state index contributed by atoms with van der Waals surface area (Å²) < 4.78 is 12.6. The van der Waals surface area contributed by atoms with E-state index in [4.69, 9.17) is 9.26 Å². The highest BCUT2D eigenvalue weighted by Gasteiger charge is 2.19. The number of aromatic hydroxyl groups is 1. The molecule has 0 saturated carbocycles. The molecule has 1 N–H and O–H groups in total. The third-order valence-corrected chi connectivity index (χ3v) is 4.63. The Morgan fingerprint density at radius 2 is 1.90 bits per heavy atom. The normalized spacial score (nSPS) is 11.2. The van der Waals surface area contributed by atoms with E-state index in [1.54, 1.807) is 18.5 Å². The van der Waals surface area contributed by atoms with Gasteiger partial charge in [-0.25, -0.2) is 4.98 Å². The monoisotopic (exact) mass is 390 g/mol. The highest BCUT2D eigenvalue weighted by Crippen LogP contribution is 2.36. The molecule has 0 aliphatic rings. The topological polar surface area (TPSA) is 86.2 Å². The van der Waals surface area contributed by atoms with Crippen molar-refractivity contribution in [2.75, 3.05) is 7.11 Å². The summed E-state index contributed by atoms with van der Waals surface area (Å²) in [5.74, 6) is 1.84.